The lowest BCUT2D eigenvalue weighted by molar-refractivity contribution is 0.269. The third-order valence-electron chi connectivity index (χ3n) is 2.36. The Hall–Kier alpha value is -1.59. The number of aliphatic hydroxyl groups excluding tert-OH is 1. The van der Waals surface area contributed by atoms with Crippen LogP contribution in [0, 0.1) is 5.82 Å². The number of hydrogen-bond acceptors (Lipinski definition) is 3. The normalized spacial score (nSPS) is 9.89. The summed E-state index contributed by atoms with van der Waals surface area (Å²) in [5.74, 6) is 0.503. The van der Waals surface area contributed by atoms with Crippen molar-refractivity contribution in [3.05, 3.63) is 47.9 Å². The summed E-state index contributed by atoms with van der Waals surface area (Å²) in [6, 6.07) is 8.15. The van der Waals surface area contributed by atoms with Crippen molar-refractivity contribution in [3.63, 3.8) is 0 Å². The summed E-state index contributed by atoms with van der Waals surface area (Å²) in [6.07, 6.45) is 1.79. The van der Waals surface area contributed by atoms with Gasteiger partial charge in [0.15, 0.2) is 0 Å². The third-order valence-corrected chi connectivity index (χ3v) is 2.36. The molecule has 2 rings (SSSR count). The fourth-order valence-corrected chi connectivity index (χ4v) is 1.48. The fraction of sp³-hybridized carbons (Fsp3) is 0.250. The molecule has 98 valence electrons. The second kappa shape index (κ2) is 6.98. The molecule has 0 radical (unpaired) electrons. The Bertz CT molecular complexity index is 472. The molecular weight excluding hydrogens is 257 g/mol. The molecule has 0 saturated carbocycles. The predicted molar refractivity (Wildman–Crippen MR) is 70.3 cm³/mol. The number of halogens is 2. The van der Waals surface area contributed by atoms with Gasteiger partial charge in [-0.1, -0.05) is 12.1 Å². The summed E-state index contributed by atoms with van der Waals surface area (Å²) < 4.78 is 14.3. The van der Waals surface area contributed by atoms with Gasteiger partial charge in [-0.3, -0.25) is 4.68 Å². The zero-order valence-electron chi connectivity index (χ0n) is 9.71. The first-order valence-corrected chi connectivity index (χ1v) is 5.40. The summed E-state index contributed by atoms with van der Waals surface area (Å²) in [5.41, 5.74) is 0.989. The maximum absolute atomic E-state index is 12.7. The second-order valence-electron chi connectivity index (χ2n) is 3.67. The monoisotopic (exact) mass is 271 g/mol. The van der Waals surface area contributed by atoms with E-state index < -0.39 is 0 Å². The summed E-state index contributed by atoms with van der Waals surface area (Å²) >= 11 is 0. The Labute approximate surface area is 111 Å². The van der Waals surface area contributed by atoms with Gasteiger partial charge in [0.05, 0.1) is 13.2 Å². The molecule has 0 saturated heterocycles. The lowest BCUT2D eigenvalue weighted by atomic mass is 10.2. The summed E-state index contributed by atoms with van der Waals surface area (Å²) in [5, 5.41) is 16.1. The molecule has 1 aromatic carbocycles. The Kier molecular flexibility index (Phi) is 5.61. The van der Waals surface area contributed by atoms with Crippen LogP contribution in [0.5, 0.6) is 0 Å². The fourth-order valence-electron chi connectivity index (χ4n) is 1.48. The zero-order chi connectivity index (χ0) is 12.1. The Morgan fingerprint density at radius 2 is 1.94 bits per heavy atom. The van der Waals surface area contributed by atoms with Crippen LogP contribution < -0.4 is 5.32 Å². The molecule has 0 aliphatic rings. The van der Waals surface area contributed by atoms with Gasteiger partial charge in [-0.2, -0.15) is 5.10 Å². The Morgan fingerprint density at radius 1 is 1.22 bits per heavy atom. The van der Waals surface area contributed by atoms with Crippen molar-refractivity contribution in [1.82, 2.24) is 9.78 Å². The van der Waals surface area contributed by atoms with Crippen LogP contribution in [0.15, 0.2) is 36.5 Å². The number of nitrogens with zero attached hydrogens (tertiary/aromatic N) is 2. The Balaban J connectivity index is 0.00000162. The quantitative estimate of drug-likeness (QED) is 0.875. The molecule has 0 aliphatic carbocycles. The van der Waals surface area contributed by atoms with Crippen LogP contribution in [0.1, 0.15) is 5.56 Å². The first-order chi connectivity index (χ1) is 8.28. The molecular formula is C12H15ClFN3O. The standard InChI is InChI=1S/C12H14FN3O.ClH/c13-11-3-1-10(2-4-11)9-14-12-5-6-16(15-12)7-8-17;/h1-6,17H,7-9H2,(H,14,15);1H. The molecule has 18 heavy (non-hydrogen) atoms. The van der Waals surface area contributed by atoms with Gasteiger partial charge in [-0.05, 0) is 17.7 Å². The van der Waals surface area contributed by atoms with Crippen molar-refractivity contribution in [1.29, 1.82) is 0 Å². The van der Waals surface area contributed by atoms with Gasteiger partial charge in [0.1, 0.15) is 11.6 Å². The third kappa shape index (κ3) is 4.01. The highest BCUT2D eigenvalue weighted by Gasteiger charge is 1.98. The van der Waals surface area contributed by atoms with E-state index >= 15 is 0 Å². The molecule has 1 aromatic heterocycles. The number of benzene rings is 1. The molecule has 0 fully saturated rings. The van der Waals surface area contributed by atoms with E-state index in [-0.39, 0.29) is 24.8 Å². The first kappa shape index (κ1) is 14.5. The van der Waals surface area contributed by atoms with E-state index in [0.717, 1.165) is 11.4 Å². The molecule has 0 aliphatic heterocycles. The van der Waals surface area contributed by atoms with Crippen LogP contribution in [0.4, 0.5) is 10.2 Å². The predicted octanol–water partition coefficient (Wildman–Crippen LogP) is 2.05. The molecule has 0 unspecified atom stereocenters. The van der Waals surface area contributed by atoms with Crippen LogP contribution in [0.2, 0.25) is 0 Å². The topological polar surface area (TPSA) is 50.1 Å². The molecule has 2 aromatic rings. The minimum atomic E-state index is -0.235. The van der Waals surface area contributed by atoms with Gasteiger partial charge < -0.3 is 10.4 Å². The number of rotatable bonds is 5. The number of aromatic nitrogens is 2. The van der Waals surface area contributed by atoms with E-state index in [9.17, 15) is 4.39 Å². The average Bonchev–Trinajstić information content (AvgIpc) is 2.77. The minimum absolute atomic E-state index is 0. The smallest absolute Gasteiger partial charge is 0.148 e. The van der Waals surface area contributed by atoms with Gasteiger partial charge >= 0.3 is 0 Å². The summed E-state index contributed by atoms with van der Waals surface area (Å²) in [4.78, 5) is 0. The molecule has 4 nitrogen and oxygen atoms in total. The molecule has 2 N–H and O–H groups in total. The highest BCUT2D eigenvalue weighted by Crippen LogP contribution is 2.07. The van der Waals surface area contributed by atoms with Crippen molar-refractivity contribution in [3.8, 4) is 0 Å². The highest BCUT2D eigenvalue weighted by atomic mass is 35.5. The molecule has 6 heteroatoms. The van der Waals surface area contributed by atoms with E-state index in [1.54, 1.807) is 23.0 Å². The lowest BCUT2D eigenvalue weighted by Gasteiger charge is -2.03. The van der Waals surface area contributed by atoms with E-state index in [0.29, 0.717) is 13.1 Å². The minimum Gasteiger partial charge on any atom is -0.394 e. The van der Waals surface area contributed by atoms with E-state index in [4.69, 9.17) is 5.11 Å². The van der Waals surface area contributed by atoms with Crippen molar-refractivity contribution < 1.29 is 9.50 Å². The van der Waals surface area contributed by atoms with Crippen molar-refractivity contribution in [2.45, 2.75) is 13.1 Å². The van der Waals surface area contributed by atoms with Crippen molar-refractivity contribution in [2.24, 2.45) is 0 Å². The van der Waals surface area contributed by atoms with Gasteiger partial charge in [0.2, 0.25) is 0 Å². The van der Waals surface area contributed by atoms with Gasteiger partial charge in [-0.15, -0.1) is 12.4 Å². The van der Waals surface area contributed by atoms with Crippen LogP contribution in [0.25, 0.3) is 0 Å². The molecule has 0 spiro atoms. The number of nitrogens with one attached hydrogen (secondary N) is 1. The number of hydrogen-bond donors (Lipinski definition) is 2. The van der Waals surface area contributed by atoms with E-state index in [2.05, 4.69) is 10.4 Å². The van der Waals surface area contributed by atoms with Gasteiger partial charge in [0, 0.05) is 18.8 Å². The Morgan fingerprint density at radius 3 is 2.61 bits per heavy atom. The summed E-state index contributed by atoms with van der Waals surface area (Å²) in [7, 11) is 0. The van der Waals surface area contributed by atoms with Crippen molar-refractivity contribution >= 4 is 18.2 Å². The van der Waals surface area contributed by atoms with Gasteiger partial charge in [0.25, 0.3) is 0 Å². The maximum Gasteiger partial charge on any atom is 0.148 e. The SMILES string of the molecule is Cl.OCCn1ccc(NCc2ccc(F)cc2)n1. The largest absolute Gasteiger partial charge is 0.394 e. The van der Waals surface area contributed by atoms with Crippen LogP contribution >= 0.6 is 12.4 Å². The maximum atomic E-state index is 12.7. The number of anilines is 1. The molecule has 0 atom stereocenters. The van der Waals surface area contributed by atoms with E-state index in [1.807, 2.05) is 6.07 Å². The molecule has 0 amide bonds. The first-order valence-electron chi connectivity index (χ1n) is 5.40. The summed E-state index contributed by atoms with van der Waals surface area (Å²) in [6.45, 7) is 1.15. The van der Waals surface area contributed by atoms with Gasteiger partial charge in [-0.25, -0.2) is 4.39 Å². The highest BCUT2D eigenvalue weighted by molar-refractivity contribution is 5.85. The second-order valence-corrected chi connectivity index (χ2v) is 3.67. The van der Waals surface area contributed by atoms with Crippen molar-refractivity contribution in [2.75, 3.05) is 11.9 Å². The van der Waals surface area contributed by atoms with E-state index in [1.165, 1.54) is 12.1 Å². The van der Waals surface area contributed by atoms with Crippen LogP contribution in [-0.4, -0.2) is 21.5 Å². The van der Waals surface area contributed by atoms with Crippen LogP contribution in [0.3, 0.4) is 0 Å². The lowest BCUT2D eigenvalue weighted by Crippen LogP contribution is -2.04. The zero-order valence-corrected chi connectivity index (χ0v) is 10.5. The number of aliphatic hydroxyl groups is 1. The van der Waals surface area contributed by atoms with Crippen LogP contribution in [-0.2, 0) is 13.1 Å². The average molecular weight is 272 g/mol. The molecule has 0 bridgehead atoms. The molecule has 1 heterocycles.